The SMILES string of the molecule is CCCC/C=C\C/C=C\CCCCCCCC(=O)OCC(COC(=O)CCCCCCCCCCCCCCCCCCCCC/C=C\C/C=C\CCCCCCC)OC(=O)CCCCCCCCC/C=C\CCCCCCCCC. The third kappa shape index (κ3) is 67.8. The van der Waals surface area contributed by atoms with Crippen LogP contribution in [0, 0.1) is 0 Å². The zero-order valence-electron chi connectivity index (χ0n) is 54.3. The number of esters is 3. The third-order valence-electron chi connectivity index (χ3n) is 16.0. The zero-order chi connectivity index (χ0) is 58.5. The summed E-state index contributed by atoms with van der Waals surface area (Å²) in [7, 11) is 0. The van der Waals surface area contributed by atoms with Gasteiger partial charge in [-0.15, -0.1) is 0 Å². The van der Waals surface area contributed by atoms with Gasteiger partial charge in [-0.3, -0.25) is 14.4 Å². The molecular weight excluding hydrogens is 997 g/mol. The molecule has 0 saturated heterocycles. The summed E-state index contributed by atoms with van der Waals surface area (Å²) in [5.74, 6) is -0.873. The van der Waals surface area contributed by atoms with Crippen LogP contribution >= 0.6 is 0 Å². The summed E-state index contributed by atoms with van der Waals surface area (Å²) in [6, 6.07) is 0. The summed E-state index contributed by atoms with van der Waals surface area (Å²) < 4.78 is 17.0. The number of unbranched alkanes of at least 4 members (excludes halogenated alkanes) is 45. The molecule has 0 radical (unpaired) electrons. The fraction of sp³-hybridized carbons (Fsp3) is 0.827. The standard InChI is InChI=1S/C75H136O6/c1-4-7-10-13-16-19-22-25-28-30-32-33-34-35-36-37-38-39-40-41-42-43-44-46-47-50-53-56-59-62-65-68-74(77)80-71-72(70-79-73(76)67-64-61-58-55-52-49-27-24-21-18-15-12-9-6-3)81-75(78)69-66-63-60-57-54-51-48-45-31-29-26-23-20-17-14-11-8-5-2/h15,18,22,24-25,27,29-32,72H,4-14,16-17,19-21,23,26,28,33-71H2,1-3H3/b18-15-,25-22-,27-24-,31-29-,32-30-. The Morgan fingerprint density at radius 3 is 0.728 bits per heavy atom. The first kappa shape index (κ1) is 78.1. The van der Waals surface area contributed by atoms with Crippen molar-refractivity contribution in [3.05, 3.63) is 60.8 Å². The molecule has 0 bridgehead atoms. The number of ether oxygens (including phenoxy) is 3. The molecule has 0 aliphatic heterocycles. The second-order valence-electron chi connectivity index (χ2n) is 24.1. The second kappa shape index (κ2) is 69.6. The van der Waals surface area contributed by atoms with E-state index in [-0.39, 0.29) is 31.1 Å². The van der Waals surface area contributed by atoms with Crippen LogP contribution in [-0.4, -0.2) is 37.2 Å². The first-order valence-corrected chi connectivity index (χ1v) is 35.8. The Kier molecular flexibility index (Phi) is 67.1. The monoisotopic (exact) mass is 1130 g/mol. The summed E-state index contributed by atoms with van der Waals surface area (Å²) in [4.78, 5) is 38.4. The van der Waals surface area contributed by atoms with Crippen LogP contribution in [0.5, 0.6) is 0 Å². The van der Waals surface area contributed by atoms with Crippen LogP contribution in [0.3, 0.4) is 0 Å². The summed E-state index contributed by atoms with van der Waals surface area (Å²) in [6.45, 7) is 6.63. The molecular formula is C75H136O6. The Morgan fingerprint density at radius 2 is 0.457 bits per heavy atom. The molecule has 0 fully saturated rings. The van der Waals surface area contributed by atoms with Crippen LogP contribution in [0.25, 0.3) is 0 Å². The summed E-state index contributed by atoms with van der Waals surface area (Å²) >= 11 is 0. The van der Waals surface area contributed by atoms with Crippen LogP contribution in [0.4, 0.5) is 0 Å². The highest BCUT2D eigenvalue weighted by molar-refractivity contribution is 5.71. The Bertz CT molecular complexity index is 1440. The van der Waals surface area contributed by atoms with Crippen LogP contribution in [0.1, 0.15) is 380 Å². The smallest absolute Gasteiger partial charge is 0.306 e. The largest absolute Gasteiger partial charge is 0.462 e. The lowest BCUT2D eigenvalue weighted by Gasteiger charge is -2.18. The van der Waals surface area contributed by atoms with Gasteiger partial charge in [-0.1, -0.05) is 319 Å². The summed E-state index contributed by atoms with van der Waals surface area (Å²) in [5, 5.41) is 0. The molecule has 0 spiro atoms. The predicted octanol–water partition coefficient (Wildman–Crippen LogP) is 24.7. The number of hydrogen-bond donors (Lipinski definition) is 0. The molecule has 0 aromatic rings. The van der Waals surface area contributed by atoms with Crippen molar-refractivity contribution in [2.24, 2.45) is 0 Å². The van der Waals surface area contributed by atoms with Crippen molar-refractivity contribution in [2.75, 3.05) is 13.2 Å². The maximum absolute atomic E-state index is 12.9. The van der Waals surface area contributed by atoms with Gasteiger partial charge < -0.3 is 14.2 Å². The highest BCUT2D eigenvalue weighted by Gasteiger charge is 2.19. The van der Waals surface area contributed by atoms with E-state index in [0.717, 1.165) is 83.5 Å². The first-order chi connectivity index (χ1) is 40.0. The van der Waals surface area contributed by atoms with E-state index < -0.39 is 6.10 Å². The maximum atomic E-state index is 12.9. The minimum Gasteiger partial charge on any atom is -0.462 e. The Balaban J connectivity index is 4.19. The zero-order valence-corrected chi connectivity index (χ0v) is 54.3. The number of carbonyl (C=O) groups is 3. The summed E-state index contributed by atoms with van der Waals surface area (Å²) in [5.41, 5.74) is 0. The van der Waals surface area contributed by atoms with Crippen LogP contribution in [0.2, 0.25) is 0 Å². The van der Waals surface area contributed by atoms with Crippen molar-refractivity contribution < 1.29 is 28.6 Å². The van der Waals surface area contributed by atoms with E-state index in [9.17, 15) is 14.4 Å². The molecule has 0 aromatic carbocycles. The first-order valence-electron chi connectivity index (χ1n) is 35.8. The van der Waals surface area contributed by atoms with Crippen LogP contribution in [0.15, 0.2) is 60.8 Å². The molecule has 0 aliphatic carbocycles. The molecule has 1 unspecified atom stereocenters. The quantitative estimate of drug-likeness (QED) is 0.0261. The van der Waals surface area contributed by atoms with E-state index in [4.69, 9.17) is 14.2 Å². The van der Waals surface area contributed by atoms with Crippen molar-refractivity contribution in [3.63, 3.8) is 0 Å². The molecule has 0 saturated carbocycles. The third-order valence-corrected chi connectivity index (χ3v) is 16.0. The van der Waals surface area contributed by atoms with Gasteiger partial charge in [0.05, 0.1) is 0 Å². The van der Waals surface area contributed by atoms with Crippen molar-refractivity contribution in [1.29, 1.82) is 0 Å². The van der Waals surface area contributed by atoms with Crippen LogP contribution in [-0.2, 0) is 28.6 Å². The van der Waals surface area contributed by atoms with Gasteiger partial charge in [-0.05, 0) is 103 Å². The van der Waals surface area contributed by atoms with Gasteiger partial charge in [0, 0.05) is 19.3 Å². The average molecular weight is 1130 g/mol. The van der Waals surface area contributed by atoms with Gasteiger partial charge in [-0.25, -0.2) is 0 Å². The maximum Gasteiger partial charge on any atom is 0.306 e. The summed E-state index contributed by atoms with van der Waals surface area (Å²) in [6.07, 6.45) is 89.7. The highest BCUT2D eigenvalue weighted by atomic mass is 16.6. The van der Waals surface area contributed by atoms with E-state index in [1.807, 2.05) is 0 Å². The van der Waals surface area contributed by atoms with Crippen molar-refractivity contribution >= 4 is 17.9 Å². The molecule has 6 heteroatoms. The molecule has 0 aromatic heterocycles. The van der Waals surface area contributed by atoms with Crippen molar-refractivity contribution in [1.82, 2.24) is 0 Å². The van der Waals surface area contributed by atoms with Crippen LogP contribution < -0.4 is 0 Å². The fourth-order valence-electron chi connectivity index (χ4n) is 10.5. The molecule has 0 amide bonds. The van der Waals surface area contributed by atoms with E-state index in [1.165, 1.54) is 257 Å². The molecule has 0 rings (SSSR count). The van der Waals surface area contributed by atoms with Gasteiger partial charge in [0.15, 0.2) is 6.10 Å². The normalized spacial score (nSPS) is 12.4. The second-order valence-corrected chi connectivity index (χ2v) is 24.1. The van der Waals surface area contributed by atoms with Crippen molar-refractivity contribution in [2.45, 2.75) is 386 Å². The number of hydrogen-bond acceptors (Lipinski definition) is 6. The molecule has 472 valence electrons. The van der Waals surface area contributed by atoms with Gasteiger partial charge in [0.25, 0.3) is 0 Å². The Morgan fingerprint density at radius 1 is 0.247 bits per heavy atom. The number of rotatable bonds is 66. The van der Waals surface area contributed by atoms with Gasteiger partial charge in [-0.2, -0.15) is 0 Å². The lowest BCUT2D eigenvalue weighted by atomic mass is 10.0. The van der Waals surface area contributed by atoms with Gasteiger partial charge in [0.1, 0.15) is 13.2 Å². The lowest BCUT2D eigenvalue weighted by molar-refractivity contribution is -0.167. The van der Waals surface area contributed by atoms with E-state index in [1.54, 1.807) is 0 Å². The fourth-order valence-corrected chi connectivity index (χ4v) is 10.5. The van der Waals surface area contributed by atoms with Gasteiger partial charge in [0.2, 0.25) is 0 Å². The topological polar surface area (TPSA) is 78.9 Å². The number of allylic oxidation sites excluding steroid dienone is 10. The molecule has 81 heavy (non-hydrogen) atoms. The van der Waals surface area contributed by atoms with E-state index in [0.29, 0.717) is 19.3 Å². The predicted molar refractivity (Wildman–Crippen MR) is 353 cm³/mol. The van der Waals surface area contributed by atoms with E-state index in [2.05, 4.69) is 81.5 Å². The lowest BCUT2D eigenvalue weighted by Crippen LogP contribution is -2.30. The molecule has 0 N–H and O–H groups in total. The van der Waals surface area contributed by atoms with Crippen molar-refractivity contribution in [3.8, 4) is 0 Å². The molecule has 1 atom stereocenters. The molecule has 0 aliphatic rings. The average Bonchev–Trinajstić information content (AvgIpc) is 3.47. The highest BCUT2D eigenvalue weighted by Crippen LogP contribution is 2.18. The van der Waals surface area contributed by atoms with Gasteiger partial charge >= 0.3 is 17.9 Å². The minimum atomic E-state index is -0.782. The Hall–Kier alpha value is -2.89. The molecule has 0 heterocycles. The Labute approximate surface area is 504 Å². The van der Waals surface area contributed by atoms with E-state index >= 15 is 0 Å². The molecule has 6 nitrogen and oxygen atoms in total. The number of carbonyl (C=O) groups excluding carboxylic acids is 3. The minimum absolute atomic E-state index is 0.0768.